The fraction of sp³-hybridized carbons (Fsp3) is 0.0938. The van der Waals surface area contributed by atoms with Gasteiger partial charge in [-0.25, -0.2) is 4.98 Å². The van der Waals surface area contributed by atoms with Crippen LogP contribution in [0.4, 0.5) is 41.7 Å². The Morgan fingerprint density at radius 1 is 0.641 bits per heavy atom. The summed E-state index contributed by atoms with van der Waals surface area (Å²) in [6.07, 6.45) is -4.35. The lowest BCUT2D eigenvalue weighted by atomic mass is 10.1. The first-order valence-corrected chi connectivity index (χ1v) is 13.3. The molecule has 3 nitrogen and oxygen atoms in total. The van der Waals surface area contributed by atoms with Crippen molar-refractivity contribution in [3.05, 3.63) is 120 Å². The highest BCUT2D eigenvalue weighted by Gasteiger charge is 2.30. The van der Waals surface area contributed by atoms with Crippen LogP contribution in [0, 0.1) is 6.92 Å². The van der Waals surface area contributed by atoms with Crippen LogP contribution in [0.3, 0.4) is 0 Å². The highest BCUT2D eigenvalue weighted by atomic mass is 32.1. The molecule has 7 heteroatoms. The van der Waals surface area contributed by atoms with Crippen LogP contribution in [0.15, 0.2) is 109 Å². The fourth-order valence-electron chi connectivity index (χ4n) is 4.77. The Labute approximate surface area is 228 Å². The number of alkyl halides is 3. The highest BCUT2D eigenvalue weighted by molar-refractivity contribution is 7.25. The molecule has 0 N–H and O–H groups in total. The maximum atomic E-state index is 13.0. The molecule has 0 aliphatic carbocycles. The zero-order chi connectivity index (χ0) is 27.1. The van der Waals surface area contributed by atoms with E-state index in [1.54, 1.807) is 11.3 Å². The first-order valence-electron chi connectivity index (χ1n) is 12.4. The van der Waals surface area contributed by atoms with E-state index in [0.717, 1.165) is 60.9 Å². The number of rotatable bonds is 5. The summed E-state index contributed by atoms with van der Waals surface area (Å²) in [7, 11) is 1.86. The summed E-state index contributed by atoms with van der Waals surface area (Å²) in [6, 6.07) is 34.1. The summed E-state index contributed by atoms with van der Waals surface area (Å²) in [4.78, 5) is 8.84. The van der Waals surface area contributed by atoms with E-state index in [4.69, 9.17) is 4.98 Å². The lowest BCUT2D eigenvalue weighted by molar-refractivity contribution is -0.137. The monoisotopic (exact) mass is 539 g/mol. The molecule has 39 heavy (non-hydrogen) atoms. The molecular weight excluding hydrogens is 515 g/mol. The van der Waals surface area contributed by atoms with Crippen molar-refractivity contribution in [1.82, 2.24) is 4.98 Å². The Bertz CT molecular complexity index is 1780. The van der Waals surface area contributed by atoms with Crippen LogP contribution in [0.25, 0.3) is 20.2 Å². The zero-order valence-electron chi connectivity index (χ0n) is 21.3. The molecule has 4 aromatic carbocycles. The van der Waals surface area contributed by atoms with Gasteiger partial charge in [0.25, 0.3) is 0 Å². The van der Waals surface area contributed by atoms with Gasteiger partial charge in [-0.1, -0.05) is 36.4 Å². The first kappa shape index (κ1) is 24.9. The molecule has 0 aliphatic heterocycles. The molecular formula is C32H24F3N3S. The Kier molecular flexibility index (Phi) is 6.23. The van der Waals surface area contributed by atoms with Gasteiger partial charge in [0.05, 0.1) is 5.56 Å². The van der Waals surface area contributed by atoms with Gasteiger partial charge in [-0.05, 0) is 79.7 Å². The molecule has 0 radical (unpaired) electrons. The Morgan fingerprint density at radius 2 is 1.26 bits per heavy atom. The van der Waals surface area contributed by atoms with Crippen molar-refractivity contribution in [3.8, 4) is 0 Å². The predicted octanol–water partition coefficient (Wildman–Crippen LogP) is 10.0. The van der Waals surface area contributed by atoms with Gasteiger partial charge in [0.15, 0.2) is 0 Å². The molecule has 0 spiro atoms. The van der Waals surface area contributed by atoms with Crippen molar-refractivity contribution >= 4 is 60.1 Å². The third kappa shape index (κ3) is 4.81. The normalized spacial score (nSPS) is 11.7. The molecule has 2 aromatic heterocycles. The summed E-state index contributed by atoms with van der Waals surface area (Å²) in [5.41, 5.74) is 3.93. The molecule has 194 valence electrons. The van der Waals surface area contributed by atoms with E-state index >= 15 is 0 Å². The number of aromatic nitrogens is 1. The largest absolute Gasteiger partial charge is 0.416 e. The molecule has 0 fully saturated rings. The van der Waals surface area contributed by atoms with E-state index in [1.807, 2.05) is 61.3 Å². The third-order valence-corrected chi connectivity index (χ3v) is 7.90. The highest BCUT2D eigenvalue weighted by Crippen LogP contribution is 2.41. The molecule has 0 aliphatic rings. The number of anilines is 5. The lowest BCUT2D eigenvalue weighted by Crippen LogP contribution is -2.11. The van der Waals surface area contributed by atoms with Crippen molar-refractivity contribution in [2.75, 3.05) is 16.8 Å². The van der Waals surface area contributed by atoms with E-state index in [2.05, 4.69) is 47.4 Å². The van der Waals surface area contributed by atoms with Gasteiger partial charge in [0, 0.05) is 55.7 Å². The van der Waals surface area contributed by atoms with Gasteiger partial charge < -0.3 is 4.90 Å². The van der Waals surface area contributed by atoms with Crippen LogP contribution < -0.4 is 9.80 Å². The maximum Gasteiger partial charge on any atom is 0.416 e. The molecule has 2 heterocycles. The Morgan fingerprint density at radius 3 is 1.90 bits per heavy atom. The van der Waals surface area contributed by atoms with Crippen molar-refractivity contribution in [3.63, 3.8) is 0 Å². The minimum Gasteiger partial charge on any atom is -0.345 e. The van der Waals surface area contributed by atoms with Crippen molar-refractivity contribution in [2.45, 2.75) is 13.1 Å². The van der Waals surface area contributed by atoms with Gasteiger partial charge in [0.1, 0.15) is 5.82 Å². The summed E-state index contributed by atoms with van der Waals surface area (Å²) >= 11 is 1.70. The number of halogens is 3. The molecule has 0 saturated heterocycles. The van der Waals surface area contributed by atoms with Crippen LogP contribution in [0.2, 0.25) is 0 Å². The van der Waals surface area contributed by atoms with E-state index in [-0.39, 0.29) is 0 Å². The van der Waals surface area contributed by atoms with Crippen molar-refractivity contribution in [1.29, 1.82) is 0 Å². The third-order valence-electron chi connectivity index (χ3n) is 6.79. The summed E-state index contributed by atoms with van der Waals surface area (Å²) < 4.78 is 41.2. The molecule has 6 aromatic rings. The Hall–Kier alpha value is -4.36. The summed E-state index contributed by atoms with van der Waals surface area (Å²) in [5, 5.41) is 2.30. The second-order valence-corrected chi connectivity index (χ2v) is 10.5. The van der Waals surface area contributed by atoms with E-state index < -0.39 is 11.7 Å². The number of para-hydroxylation sites is 1. The zero-order valence-corrected chi connectivity index (χ0v) is 22.1. The minimum atomic E-state index is -4.35. The summed E-state index contributed by atoms with van der Waals surface area (Å²) in [6.45, 7) is 1.99. The van der Waals surface area contributed by atoms with Crippen LogP contribution in [-0.4, -0.2) is 12.0 Å². The van der Waals surface area contributed by atoms with Gasteiger partial charge in [-0.3, -0.25) is 4.90 Å². The standard InChI is InChI=1S/C32H24F3N3S/c1-21-7-6-10-31(36-21)38(24-8-4-3-5-9-24)26-16-18-28-27-17-15-25(19-29(27)39-30(28)20-26)37(2)23-13-11-22(12-14-23)32(33,34)35/h3-20H,1-2H3. The molecule has 6 rings (SSSR count). The molecule has 0 atom stereocenters. The quantitative estimate of drug-likeness (QED) is 0.217. The minimum absolute atomic E-state index is 0.652. The molecule has 0 bridgehead atoms. The number of fused-ring (bicyclic) bond motifs is 3. The average molecular weight is 540 g/mol. The Balaban J connectivity index is 1.39. The molecule has 0 amide bonds. The van der Waals surface area contributed by atoms with Crippen LogP contribution in [0.1, 0.15) is 11.3 Å². The number of thiophene rings is 1. The van der Waals surface area contributed by atoms with Crippen LogP contribution >= 0.6 is 11.3 Å². The maximum absolute atomic E-state index is 13.0. The van der Waals surface area contributed by atoms with Gasteiger partial charge in [0.2, 0.25) is 0 Å². The number of benzene rings is 4. The number of nitrogens with zero attached hydrogens (tertiary/aromatic N) is 3. The second kappa shape index (κ2) is 9.75. The average Bonchev–Trinajstić information content (AvgIpc) is 3.30. The van der Waals surface area contributed by atoms with Gasteiger partial charge >= 0.3 is 6.18 Å². The number of aryl methyl sites for hydroxylation is 1. The number of pyridine rings is 1. The first-order chi connectivity index (χ1) is 18.8. The molecule has 0 unspecified atom stereocenters. The van der Waals surface area contributed by atoms with Crippen LogP contribution in [-0.2, 0) is 6.18 Å². The SMILES string of the molecule is Cc1cccc(N(c2ccccc2)c2ccc3c(c2)sc2cc(N(C)c4ccc(C(F)(F)F)cc4)ccc23)n1. The van der Waals surface area contributed by atoms with E-state index in [1.165, 1.54) is 12.1 Å². The second-order valence-electron chi connectivity index (χ2n) is 9.37. The van der Waals surface area contributed by atoms with Crippen molar-refractivity contribution < 1.29 is 13.2 Å². The van der Waals surface area contributed by atoms with E-state index in [9.17, 15) is 13.2 Å². The van der Waals surface area contributed by atoms with Crippen LogP contribution in [0.5, 0.6) is 0 Å². The fourth-order valence-corrected chi connectivity index (χ4v) is 5.94. The predicted molar refractivity (Wildman–Crippen MR) is 156 cm³/mol. The molecule has 0 saturated carbocycles. The van der Waals surface area contributed by atoms with Gasteiger partial charge in [-0.2, -0.15) is 13.2 Å². The van der Waals surface area contributed by atoms with Gasteiger partial charge in [-0.15, -0.1) is 11.3 Å². The topological polar surface area (TPSA) is 19.4 Å². The van der Waals surface area contributed by atoms with E-state index in [0.29, 0.717) is 5.69 Å². The van der Waals surface area contributed by atoms with Crippen molar-refractivity contribution in [2.24, 2.45) is 0 Å². The smallest absolute Gasteiger partial charge is 0.345 e. The summed E-state index contributed by atoms with van der Waals surface area (Å²) in [5.74, 6) is 0.849. The number of hydrogen-bond acceptors (Lipinski definition) is 4. The number of hydrogen-bond donors (Lipinski definition) is 0. The lowest BCUT2D eigenvalue weighted by Gasteiger charge is -2.24.